The highest BCUT2D eigenvalue weighted by Gasteiger charge is 2.29. The number of hydrogen-bond donors (Lipinski definition) is 0. The van der Waals surface area contributed by atoms with Gasteiger partial charge in [0.2, 0.25) is 0 Å². The normalized spacial score (nSPS) is 11.5. The van der Waals surface area contributed by atoms with Crippen molar-refractivity contribution in [2.45, 2.75) is 12.6 Å². The van der Waals surface area contributed by atoms with E-state index in [4.69, 9.17) is 0 Å². The van der Waals surface area contributed by atoms with Crippen molar-refractivity contribution in [3.05, 3.63) is 71.3 Å². The molecule has 2 aromatic rings. The lowest BCUT2D eigenvalue weighted by Crippen LogP contribution is -2.04. The van der Waals surface area contributed by atoms with E-state index in [1.54, 1.807) is 0 Å². The van der Waals surface area contributed by atoms with Gasteiger partial charge in [-0.25, -0.2) is 0 Å². The van der Waals surface area contributed by atoms with Crippen LogP contribution in [0.15, 0.2) is 54.6 Å². The molecule has 17 heavy (non-hydrogen) atoms. The summed E-state index contributed by atoms with van der Waals surface area (Å²) in [6.45, 7) is 0. The van der Waals surface area contributed by atoms with Crippen molar-refractivity contribution in [1.82, 2.24) is 0 Å². The molecule has 0 fully saturated rings. The number of alkyl halides is 3. The Morgan fingerprint density at radius 2 is 1.24 bits per heavy atom. The molecule has 0 aromatic heterocycles. The smallest absolute Gasteiger partial charge is 0.166 e. The van der Waals surface area contributed by atoms with Crippen LogP contribution in [0.25, 0.3) is 0 Å². The summed E-state index contributed by atoms with van der Waals surface area (Å²) in [6, 6.07) is 15.0. The largest absolute Gasteiger partial charge is 0.416 e. The SMILES string of the molecule is FC(F)(F)c1ccc(Cc2ccccc2)cc1. The summed E-state index contributed by atoms with van der Waals surface area (Å²) in [4.78, 5) is 0. The summed E-state index contributed by atoms with van der Waals surface area (Å²) in [5, 5.41) is 0. The lowest BCUT2D eigenvalue weighted by Gasteiger charge is -2.07. The zero-order valence-electron chi connectivity index (χ0n) is 9.04. The summed E-state index contributed by atoms with van der Waals surface area (Å²) in [6.07, 6.45) is -3.61. The number of halogens is 3. The Balaban J connectivity index is 2.14. The molecule has 2 rings (SSSR count). The van der Waals surface area contributed by atoms with E-state index in [-0.39, 0.29) is 0 Å². The molecule has 2 aromatic carbocycles. The minimum Gasteiger partial charge on any atom is -0.166 e. The maximum Gasteiger partial charge on any atom is 0.416 e. The van der Waals surface area contributed by atoms with E-state index in [0.717, 1.165) is 23.3 Å². The third-order valence-electron chi connectivity index (χ3n) is 2.53. The van der Waals surface area contributed by atoms with Crippen LogP contribution in [0.4, 0.5) is 13.2 Å². The van der Waals surface area contributed by atoms with Crippen molar-refractivity contribution in [3.63, 3.8) is 0 Å². The molecule has 0 atom stereocenters. The lowest BCUT2D eigenvalue weighted by atomic mass is 10.0. The summed E-state index contributed by atoms with van der Waals surface area (Å²) >= 11 is 0. The fraction of sp³-hybridized carbons (Fsp3) is 0.143. The predicted molar refractivity (Wildman–Crippen MR) is 60.7 cm³/mol. The van der Waals surface area contributed by atoms with Crippen molar-refractivity contribution in [2.24, 2.45) is 0 Å². The Bertz CT molecular complexity index is 469. The molecule has 0 aliphatic rings. The van der Waals surface area contributed by atoms with Crippen molar-refractivity contribution >= 4 is 0 Å². The highest BCUT2D eigenvalue weighted by Crippen LogP contribution is 2.29. The van der Waals surface area contributed by atoms with Gasteiger partial charge in [0.25, 0.3) is 0 Å². The third-order valence-corrected chi connectivity index (χ3v) is 2.53. The first kappa shape index (κ1) is 11.7. The fourth-order valence-corrected chi connectivity index (χ4v) is 1.64. The maximum absolute atomic E-state index is 12.3. The first-order valence-electron chi connectivity index (χ1n) is 5.26. The standard InChI is InChI=1S/C14H11F3/c15-14(16,17)13-8-6-12(7-9-13)10-11-4-2-1-3-5-11/h1-9H,10H2. The molecule has 3 heteroatoms. The average Bonchev–Trinajstić information content (AvgIpc) is 2.30. The van der Waals surface area contributed by atoms with Gasteiger partial charge < -0.3 is 0 Å². The van der Waals surface area contributed by atoms with E-state index in [2.05, 4.69) is 0 Å². The molecule has 0 heterocycles. The van der Waals surface area contributed by atoms with E-state index in [1.807, 2.05) is 30.3 Å². The Labute approximate surface area is 97.7 Å². The van der Waals surface area contributed by atoms with Crippen LogP contribution in [0.2, 0.25) is 0 Å². The molecule has 0 N–H and O–H groups in total. The van der Waals surface area contributed by atoms with Crippen molar-refractivity contribution < 1.29 is 13.2 Å². The van der Waals surface area contributed by atoms with Gasteiger partial charge in [0, 0.05) is 0 Å². The van der Waals surface area contributed by atoms with Crippen molar-refractivity contribution in [1.29, 1.82) is 0 Å². The van der Waals surface area contributed by atoms with Gasteiger partial charge in [0.1, 0.15) is 0 Å². The van der Waals surface area contributed by atoms with Crippen LogP contribution >= 0.6 is 0 Å². The minimum absolute atomic E-state index is 0.602. The molecule has 0 aliphatic carbocycles. The van der Waals surface area contributed by atoms with Crippen LogP contribution < -0.4 is 0 Å². The van der Waals surface area contributed by atoms with E-state index in [9.17, 15) is 13.2 Å². The van der Waals surface area contributed by atoms with Crippen molar-refractivity contribution in [2.75, 3.05) is 0 Å². The summed E-state index contributed by atoms with van der Waals surface area (Å²) in [5.41, 5.74) is 1.37. The Morgan fingerprint density at radius 1 is 0.706 bits per heavy atom. The molecule has 0 amide bonds. The molecule has 0 saturated heterocycles. The predicted octanol–water partition coefficient (Wildman–Crippen LogP) is 4.30. The first-order valence-corrected chi connectivity index (χ1v) is 5.26. The van der Waals surface area contributed by atoms with Gasteiger partial charge >= 0.3 is 6.18 Å². The van der Waals surface area contributed by atoms with Crippen molar-refractivity contribution in [3.8, 4) is 0 Å². The van der Waals surface area contributed by atoms with Gasteiger partial charge in [-0.2, -0.15) is 13.2 Å². The molecule has 0 unspecified atom stereocenters. The summed E-state index contributed by atoms with van der Waals surface area (Å²) in [5.74, 6) is 0. The molecule has 0 spiro atoms. The van der Waals surface area contributed by atoms with E-state index in [1.165, 1.54) is 12.1 Å². The van der Waals surface area contributed by atoms with Crippen LogP contribution in [0.1, 0.15) is 16.7 Å². The number of rotatable bonds is 2. The zero-order chi connectivity index (χ0) is 12.3. The van der Waals surface area contributed by atoms with Gasteiger partial charge in [-0.15, -0.1) is 0 Å². The molecule has 0 bridgehead atoms. The molecule has 0 aliphatic heterocycles. The van der Waals surface area contributed by atoms with Crippen LogP contribution in [0.3, 0.4) is 0 Å². The van der Waals surface area contributed by atoms with Crippen LogP contribution in [-0.2, 0) is 12.6 Å². The fourth-order valence-electron chi connectivity index (χ4n) is 1.64. The van der Waals surface area contributed by atoms with Gasteiger partial charge in [0.05, 0.1) is 5.56 Å². The molecule has 0 radical (unpaired) electrons. The maximum atomic E-state index is 12.3. The summed E-state index contributed by atoms with van der Waals surface area (Å²) < 4.78 is 37.0. The van der Waals surface area contributed by atoms with Gasteiger partial charge in [0.15, 0.2) is 0 Å². The quantitative estimate of drug-likeness (QED) is 0.729. The van der Waals surface area contributed by atoms with Crippen LogP contribution in [0, 0.1) is 0 Å². The second-order valence-corrected chi connectivity index (χ2v) is 3.86. The molecular weight excluding hydrogens is 225 g/mol. The Hall–Kier alpha value is -1.77. The van der Waals surface area contributed by atoms with Crippen LogP contribution in [-0.4, -0.2) is 0 Å². The van der Waals surface area contributed by atoms with E-state index in [0.29, 0.717) is 6.42 Å². The molecular formula is C14H11F3. The topological polar surface area (TPSA) is 0 Å². The highest BCUT2D eigenvalue weighted by atomic mass is 19.4. The summed E-state index contributed by atoms with van der Waals surface area (Å²) in [7, 11) is 0. The molecule has 88 valence electrons. The second-order valence-electron chi connectivity index (χ2n) is 3.86. The molecule has 0 saturated carbocycles. The number of benzene rings is 2. The van der Waals surface area contributed by atoms with Gasteiger partial charge in [-0.05, 0) is 29.7 Å². The van der Waals surface area contributed by atoms with Gasteiger partial charge in [-0.3, -0.25) is 0 Å². The lowest BCUT2D eigenvalue weighted by molar-refractivity contribution is -0.137. The third kappa shape index (κ3) is 3.09. The van der Waals surface area contributed by atoms with E-state index < -0.39 is 11.7 Å². The Morgan fingerprint density at radius 3 is 1.76 bits per heavy atom. The minimum atomic E-state index is -4.26. The van der Waals surface area contributed by atoms with Gasteiger partial charge in [-0.1, -0.05) is 42.5 Å². The first-order chi connectivity index (χ1) is 8.05. The van der Waals surface area contributed by atoms with E-state index >= 15 is 0 Å². The van der Waals surface area contributed by atoms with Crippen LogP contribution in [0.5, 0.6) is 0 Å². The monoisotopic (exact) mass is 236 g/mol. The second kappa shape index (κ2) is 4.62. The highest BCUT2D eigenvalue weighted by molar-refractivity contribution is 5.29. The average molecular weight is 236 g/mol. The zero-order valence-corrected chi connectivity index (χ0v) is 9.04. The number of hydrogen-bond acceptors (Lipinski definition) is 0. The molecule has 0 nitrogen and oxygen atoms in total. The Kier molecular flexibility index (Phi) is 3.18.